The van der Waals surface area contributed by atoms with Gasteiger partial charge >= 0.3 is 11.9 Å². The Bertz CT molecular complexity index is 1160. The van der Waals surface area contributed by atoms with Crippen LogP contribution in [0, 0.1) is 5.82 Å². The summed E-state index contributed by atoms with van der Waals surface area (Å²) < 4.78 is 19.0. The van der Waals surface area contributed by atoms with Crippen molar-refractivity contribution in [2.45, 2.75) is 31.1 Å². The molecule has 7 nitrogen and oxygen atoms in total. The molecule has 2 N–H and O–H groups in total. The van der Waals surface area contributed by atoms with Crippen LogP contribution >= 0.6 is 11.8 Å². The van der Waals surface area contributed by atoms with Crippen molar-refractivity contribution in [3.8, 4) is 28.4 Å². The molecule has 0 amide bonds. The van der Waals surface area contributed by atoms with Gasteiger partial charge in [-0.3, -0.25) is 14.6 Å². The molecule has 0 aliphatic rings. The number of aryl methyl sites for hydroxylation is 1. The van der Waals surface area contributed by atoms with Crippen molar-refractivity contribution in [1.82, 2.24) is 0 Å². The average Bonchev–Trinajstić information content (AvgIpc) is 2.84. The molecule has 35 heavy (non-hydrogen) atoms. The molecule has 3 aromatic rings. The first kappa shape index (κ1) is 25.9. The topological polar surface area (TPSA) is 102 Å². The minimum atomic E-state index is -0.939. The van der Waals surface area contributed by atoms with Crippen LogP contribution < -0.4 is 9.62 Å². The Morgan fingerprint density at radius 3 is 2.46 bits per heavy atom. The normalized spacial score (nSPS) is 10.6. The lowest BCUT2D eigenvalue weighted by molar-refractivity contribution is -0.214. The Morgan fingerprint density at radius 2 is 1.74 bits per heavy atom. The lowest BCUT2D eigenvalue weighted by Crippen LogP contribution is -2.13. The van der Waals surface area contributed by atoms with E-state index in [4.69, 9.17) is 19.6 Å². The number of carboxylic acids is 1. The number of carbonyl (C=O) groups excluding carboxylic acids is 1. The van der Waals surface area contributed by atoms with Crippen LogP contribution in [0.1, 0.15) is 25.3 Å². The zero-order chi connectivity index (χ0) is 25.2. The Labute approximate surface area is 206 Å². The van der Waals surface area contributed by atoms with Gasteiger partial charge in [-0.25, -0.2) is 9.18 Å². The van der Waals surface area contributed by atoms with Gasteiger partial charge in [0.2, 0.25) is 0 Å². The summed E-state index contributed by atoms with van der Waals surface area (Å²) in [5, 5.41) is 19.4. The molecule has 0 spiro atoms. The number of hydrogen-bond acceptors (Lipinski definition) is 7. The summed E-state index contributed by atoms with van der Waals surface area (Å²) in [6.07, 6.45) is 0.0442. The Kier molecular flexibility index (Phi) is 9.37. The first-order valence-corrected chi connectivity index (χ1v) is 11.9. The fraction of sp³-hybridized carbons (Fsp3) is 0.231. The number of carbonyl (C=O) groups is 2. The average molecular weight is 501 g/mol. The fourth-order valence-electron chi connectivity index (χ4n) is 3.20. The molecule has 0 aliphatic carbocycles. The van der Waals surface area contributed by atoms with Gasteiger partial charge in [0.25, 0.3) is 0 Å². The van der Waals surface area contributed by atoms with Crippen LogP contribution in [-0.2, 0) is 20.9 Å². The van der Waals surface area contributed by atoms with E-state index < -0.39 is 11.9 Å². The van der Waals surface area contributed by atoms with Crippen LogP contribution in [0.3, 0.4) is 0 Å². The second kappa shape index (κ2) is 12.7. The van der Waals surface area contributed by atoms with E-state index in [0.717, 1.165) is 10.6 Å². The first-order chi connectivity index (χ1) is 16.9. The summed E-state index contributed by atoms with van der Waals surface area (Å²) in [7, 11) is 0. The van der Waals surface area contributed by atoms with Crippen molar-refractivity contribution >= 4 is 23.7 Å². The van der Waals surface area contributed by atoms with Crippen LogP contribution in [0.15, 0.2) is 65.6 Å². The number of aliphatic carboxylic acids is 1. The van der Waals surface area contributed by atoms with Crippen molar-refractivity contribution in [2.75, 3.05) is 12.4 Å². The molecule has 0 heterocycles. The van der Waals surface area contributed by atoms with Gasteiger partial charge in [-0.2, -0.15) is 0 Å². The number of phenols is 1. The predicted octanol–water partition coefficient (Wildman–Crippen LogP) is 5.63. The maximum Gasteiger partial charge on any atom is 0.358 e. The van der Waals surface area contributed by atoms with Crippen molar-refractivity contribution in [1.29, 1.82) is 0 Å². The number of hydrogen-bond donors (Lipinski definition) is 2. The van der Waals surface area contributed by atoms with Crippen LogP contribution in [0.2, 0.25) is 0 Å². The number of para-hydroxylation sites is 1. The molecule has 0 atom stereocenters. The molecular formula is C26H25FO7S. The standard InChI is InChI=1S/C26H25FO7S/c1-2-35-24-15-20(17-7-10-19(27)11-8-17)21(28)16-23(24)32-14-13-26(31)34-33-22-6-4-3-5-18(22)9-12-25(29)30/h3-8,10-11,15-16,28H,2,9,12-14H2,1H3,(H,29,30). The van der Waals surface area contributed by atoms with E-state index in [9.17, 15) is 19.1 Å². The SMILES string of the molecule is CCSc1cc(-c2ccc(F)cc2)c(O)cc1OCCC(=O)OOc1ccccc1CCC(=O)O. The quantitative estimate of drug-likeness (QED) is 0.187. The number of phenolic OH excluding ortho intramolecular Hbond substituents is 1. The van der Waals surface area contributed by atoms with Gasteiger partial charge in [-0.1, -0.05) is 37.3 Å². The Morgan fingerprint density at radius 1 is 1.00 bits per heavy atom. The van der Waals surface area contributed by atoms with E-state index in [1.54, 1.807) is 42.5 Å². The van der Waals surface area contributed by atoms with Crippen molar-refractivity contribution in [2.24, 2.45) is 0 Å². The van der Waals surface area contributed by atoms with E-state index >= 15 is 0 Å². The summed E-state index contributed by atoms with van der Waals surface area (Å²) in [5.74, 6) is -0.576. The summed E-state index contributed by atoms with van der Waals surface area (Å²) in [5.41, 5.74) is 1.82. The number of carboxylic acid groups (broad SMARTS) is 1. The predicted molar refractivity (Wildman–Crippen MR) is 129 cm³/mol. The highest BCUT2D eigenvalue weighted by atomic mass is 32.2. The maximum atomic E-state index is 13.3. The summed E-state index contributed by atoms with van der Waals surface area (Å²) in [4.78, 5) is 33.7. The zero-order valence-corrected chi connectivity index (χ0v) is 19.8. The summed E-state index contributed by atoms with van der Waals surface area (Å²) >= 11 is 1.50. The lowest BCUT2D eigenvalue weighted by Gasteiger charge is -2.14. The van der Waals surface area contributed by atoms with Gasteiger partial charge in [0.05, 0.1) is 17.9 Å². The smallest absolute Gasteiger partial charge is 0.358 e. The number of thioether (sulfide) groups is 1. The van der Waals surface area contributed by atoms with E-state index in [-0.39, 0.29) is 43.2 Å². The molecule has 0 fully saturated rings. The van der Waals surface area contributed by atoms with E-state index in [1.807, 2.05) is 6.92 Å². The van der Waals surface area contributed by atoms with Gasteiger partial charge in [0, 0.05) is 23.6 Å². The van der Waals surface area contributed by atoms with Crippen LogP contribution in [0.4, 0.5) is 4.39 Å². The van der Waals surface area contributed by atoms with Gasteiger partial charge in [-0.15, -0.1) is 11.8 Å². The molecule has 184 valence electrons. The molecule has 0 bridgehead atoms. The Balaban J connectivity index is 1.59. The summed E-state index contributed by atoms with van der Waals surface area (Å²) in [6, 6.07) is 15.8. The van der Waals surface area contributed by atoms with Crippen LogP contribution in [-0.4, -0.2) is 34.5 Å². The molecule has 3 rings (SSSR count). The van der Waals surface area contributed by atoms with E-state index in [1.165, 1.54) is 30.0 Å². The van der Waals surface area contributed by atoms with Crippen LogP contribution in [0.25, 0.3) is 11.1 Å². The number of ether oxygens (including phenoxy) is 1. The molecule has 9 heteroatoms. The van der Waals surface area contributed by atoms with Crippen molar-refractivity contribution in [3.05, 3.63) is 72.0 Å². The number of halogens is 1. The number of benzene rings is 3. The lowest BCUT2D eigenvalue weighted by atomic mass is 10.0. The molecule has 0 unspecified atom stereocenters. The maximum absolute atomic E-state index is 13.3. The number of aromatic hydroxyl groups is 1. The zero-order valence-electron chi connectivity index (χ0n) is 19.0. The summed E-state index contributed by atoms with van der Waals surface area (Å²) in [6.45, 7) is 1.96. The molecule has 0 saturated carbocycles. The van der Waals surface area contributed by atoms with E-state index in [0.29, 0.717) is 22.4 Å². The molecule has 3 aromatic carbocycles. The van der Waals surface area contributed by atoms with Gasteiger partial charge in [0.15, 0.2) is 5.75 Å². The third kappa shape index (κ3) is 7.65. The molecule has 0 saturated heterocycles. The largest absolute Gasteiger partial charge is 0.507 e. The first-order valence-electron chi connectivity index (χ1n) is 10.9. The molecular weight excluding hydrogens is 475 g/mol. The van der Waals surface area contributed by atoms with Gasteiger partial charge < -0.3 is 14.9 Å². The third-order valence-electron chi connectivity index (χ3n) is 4.89. The second-order valence-corrected chi connectivity index (χ2v) is 8.70. The van der Waals surface area contributed by atoms with Gasteiger partial charge in [-0.05, 0) is 42.0 Å². The highest BCUT2D eigenvalue weighted by Crippen LogP contribution is 2.40. The highest BCUT2D eigenvalue weighted by Gasteiger charge is 2.15. The minimum Gasteiger partial charge on any atom is -0.507 e. The van der Waals surface area contributed by atoms with Crippen molar-refractivity contribution < 1.29 is 38.7 Å². The fourth-order valence-corrected chi connectivity index (χ4v) is 3.97. The van der Waals surface area contributed by atoms with E-state index in [2.05, 4.69) is 0 Å². The molecule has 0 radical (unpaired) electrons. The second-order valence-electron chi connectivity index (χ2n) is 7.39. The molecule has 0 aliphatic heterocycles. The van der Waals surface area contributed by atoms with Crippen molar-refractivity contribution in [3.63, 3.8) is 0 Å². The Hall–Kier alpha value is -3.72. The minimum absolute atomic E-state index is 0.0184. The highest BCUT2D eigenvalue weighted by molar-refractivity contribution is 7.99. The van der Waals surface area contributed by atoms with Crippen LogP contribution in [0.5, 0.6) is 17.2 Å². The number of rotatable bonds is 12. The molecule has 0 aromatic heterocycles. The van der Waals surface area contributed by atoms with Gasteiger partial charge in [0.1, 0.15) is 17.3 Å². The third-order valence-corrected chi connectivity index (χ3v) is 5.80. The monoisotopic (exact) mass is 500 g/mol.